The molecule has 2 N–H and O–H groups in total. The lowest BCUT2D eigenvalue weighted by molar-refractivity contribution is 0.238. The highest BCUT2D eigenvalue weighted by atomic mass is 16.2. The number of fused-ring (bicyclic) bond motifs is 1. The van der Waals surface area contributed by atoms with Crippen LogP contribution in [-0.4, -0.2) is 22.6 Å². The molecule has 1 aliphatic rings. The van der Waals surface area contributed by atoms with Gasteiger partial charge in [0.2, 0.25) is 0 Å². The minimum atomic E-state index is -0.206. The third-order valence-electron chi connectivity index (χ3n) is 3.58. The first-order valence-electron chi connectivity index (χ1n) is 6.07. The van der Waals surface area contributed by atoms with Crippen molar-refractivity contribution in [2.75, 3.05) is 7.05 Å². The average molecular weight is 244 g/mol. The van der Waals surface area contributed by atoms with Crippen LogP contribution >= 0.6 is 0 Å². The lowest BCUT2D eigenvalue weighted by Crippen LogP contribution is -2.40. The average Bonchev–Trinajstić information content (AvgIpc) is 3.08. The lowest BCUT2D eigenvalue weighted by Gasteiger charge is -2.16. The summed E-state index contributed by atoms with van der Waals surface area (Å²) in [5.41, 5.74) is 1.91. The van der Waals surface area contributed by atoms with E-state index in [1.807, 2.05) is 17.7 Å². The molecule has 2 heterocycles. The summed E-state index contributed by atoms with van der Waals surface area (Å²) < 4.78 is 2.01. The maximum Gasteiger partial charge on any atom is 0.315 e. The number of amides is 2. The topological polar surface area (TPSA) is 59.0 Å². The van der Waals surface area contributed by atoms with Crippen LogP contribution in [0.2, 0.25) is 0 Å². The first kappa shape index (κ1) is 11.1. The minimum absolute atomic E-state index is 0.131. The number of carbonyl (C=O) groups excluding carboxylic acids is 1. The maximum atomic E-state index is 11.5. The summed E-state index contributed by atoms with van der Waals surface area (Å²) >= 11 is 0. The summed E-state index contributed by atoms with van der Waals surface area (Å²) in [6.07, 6.45) is 5.82. The molecular formula is C13H16N4O. The van der Waals surface area contributed by atoms with Crippen LogP contribution < -0.4 is 10.6 Å². The van der Waals surface area contributed by atoms with Gasteiger partial charge in [0.15, 0.2) is 0 Å². The van der Waals surface area contributed by atoms with Gasteiger partial charge in [0.05, 0.1) is 5.54 Å². The number of carbonyl (C=O) groups is 1. The molecule has 94 valence electrons. The van der Waals surface area contributed by atoms with E-state index in [0.29, 0.717) is 0 Å². The van der Waals surface area contributed by atoms with Crippen molar-refractivity contribution < 1.29 is 4.79 Å². The van der Waals surface area contributed by atoms with Gasteiger partial charge in [-0.25, -0.2) is 9.78 Å². The molecule has 0 atom stereocenters. The van der Waals surface area contributed by atoms with Gasteiger partial charge in [-0.15, -0.1) is 0 Å². The van der Waals surface area contributed by atoms with Crippen molar-refractivity contribution in [3.05, 3.63) is 30.1 Å². The molecule has 1 aliphatic carbocycles. The highest BCUT2D eigenvalue weighted by Gasteiger charge is 2.47. The summed E-state index contributed by atoms with van der Waals surface area (Å²) in [7, 11) is 3.62. The van der Waals surface area contributed by atoms with Gasteiger partial charge in [0.1, 0.15) is 5.65 Å². The summed E-state index contributed by atoms with van der Waals surface area (Å²) in [6.45, 7) is 0. The molecule has 0 saturated heterocycles. The summed E-state index contributed by atoms with van der Waals surface area (Å²) in [4.78, 5) is 15.9. The first-order chi connectivity index (χ1) is 8.66. The second kappa shape index (κ2) is 3.73. The van der Waals surface area contributed by atoms with E-state index in [1.165, 1.54) is 0 Å². The normalized spacial score (nSPS) is 16.6. The van der Waals surface area contributed by atoms with E-state index in [0.717, 1.165) is 29.4 Å². The van der Waals surface area contributed by atoms with Crippen LogP contribution in [0, 0.1) is 0 Å². The van der Waals surface area contributed by atoms with E-state index < -0.39 is 0 Å². The maximum absolute atomic E-state index is 11.5. The first-order valence-corrected chi connectivity index (χ1v) is 6.07. The fourth-order valence-electron chi connectivity index (χ4n) is 2.46. The predicted octanol–water partition coefficient (Wildman–Crippen LogP) is 1.49. The second-order valence-electron chi connectivity index (χ2n) is 4.81. The smallest absolute Gasteiger partial charge is 0.315 e. The van der Waals surface area contributed by atoms with Gasteiger partial charge in [-0.1, -0.05) is 0 Å². The Morgan fingerprint density at radius 3 is 2.94 bits per heavy atom. The van der Waals surface area contributed by atoms with Crippen molar-refractivity contribution in [2.45, 2.75) is 18.4 Å². The van der Waals surface area contributed by atoms with E-state index in [-0.39, 0.29) is 11.6 Å². The molecule has 18 heavy (non-hydrogen) atoms. The summed E-state index contributed by atoms with van der Waals surface area (Å²) in [6, 6.07) is 3.86. The molecule has 1 fully saturated rings. The fraction of sp³-hybridized carbons (Fsp3) is 0.385. The Bertz CT molecular complexity index is 612. The SMILES string of the molecule is CNC(=O)NC1(c2cn(C)c3ncccc23)CC1. The number of aromatic nitrogens is 2. The Hall–Kier alpha value is -2.04. The quantitative estimate of drug-likeness (QED) is 0.841. The van der Waals surface area contributed by atoms with Crippen molar-refractivity contribution >= 4 is 17.1 Å². The molecule has 0 aliphatic heterocycles. The number of pyridine rings is 1. The van der Waals surface area contributed by atoms with Crippen molar-refractivity contribution in [3.8, 4) is 0 Å². The molecule has 0 bridgehead atoms. The van der Waals surface area contributed by atoms with E-state index in [1.54, 1.807) is 13.2 Å². The van der Waals surface area contributed by atoms with Crippen LogP contribution in [0.3, 0.4) is 0 Å². The standard InChI is InChI=1S/C13H16N4O/c1-14-12(18)16-13(5-6-13)10-8-17(2)11-9(10)4-3-7-15-11/h3-4,7-8H,5-6H2,1-2H3,(H2,14,16,18). The molecule has 0 radical (unpaired) electrons. The lowest BCUT2D eigenvalue weighted by atomic mass is 10.1. The molecule has 0 spiro atoms. The van der Waals surface area contributed by atoms with Gasteiger partial charge in [-0.3, -0.25) is 0 Å². The number of rotatable bonds is 2. The van der Waals surface area contributed by atoms with Crippen molar-refractivity contribution in [2.24, 2.45) is 7.05 Å². The van der Waals surface area contributed by atoms with Gasteiger partial charge in [-0.05, 0) is 25.0 Å². The summed E-state index contributed by atoms with van der Waals surface area (Å²) in [5, 5.41) is 6.78. The fourth-order valence-corrected chi connectivity index (χ4v) is 2.46. The number of aryl methyl sites for hydroxylation is 1. The number of nitrogens with one attached hydrogen (secondary N) is 2. The van der Waals surface area contributed by atoms with Crippen LogP contribution in [0.1, 0.15) is 18.4 Å². The Kier molecular flexibility index (Phi) is 2.29. The number of hydrogen-bond acceptors (Lipinski definition) is 2. The molecule has 0 aromatic carbocycles. The largest absolute Gasteiger partial charge is 0.341 e. The molecule has 2 amide bonds. The zero-order chi connectivity index (χ0) is 12.8. The highest BCUT2D eigenvalue weighted by Crippen LogP contribution is 2.48. The van der Waals surface area contributed by atoms with Crippen molar-refractivity contribution in [1.82, 2.24) is 20.2 Å². The third kappa shape index (κ3) is 1.54. The molecule has 1 saturated carbocycles. The Labute approximate surface area is 105 Å². The van der Waals surface area contributed by atoms with E-state index in [4.69, 9.17) is 0 Å². The van der Waals surface area contributed by atoms with Crippen LogP contribution in [0.15, 0.2) is 24.5 Å². The Morgan fingerprint density at radius 1 is 1.50 bits per heavy atom. The number of nitrogens with zero attached hydrogens (tertiary/aromatic N) is 2. The molecule has 5 heteroatoms. The van der Waals surface area contributed by atoms with Crippen molar-refractivity contribution in [1.29, 1.82) is 0 Å². The molecule has 5 nitrogen and oxygen atoms in total. The van der Waals surface area contributed by atoms with Gasteiger partial charge in [0.25, 0.3) is 0 Å². The number of urea groups is 1. The van der Waals surface area contributed by atoms with Crippen LogP contribution in [0.5, 0.6) is 0 Å². The Balaban J connectivity index is 2.07. The third-order valence-corrected chi connectivity index (χ3v) is 3.58. The molecule has 2 aromatic rings. The van der Waals surface area contributed by atoms with Gasteiger partial charge in [0, 0.05) is 37.4 Å². The zero-order valence-corrected chi connectivity index (χ0v) is 10.5. The summed E-state index contributed by atoms with van der Waals surface area (Å²) in [5.74, 6) is 0. The predicted molar refractivity (Wildman–Crippen MR) is 69.2 cm³/mol. The Morgan fingerprint density at radius 2 is 2.28 bits per heavy atom. The molecule has 0 unspecified atom stereocenters. The zero-order valence-electron chi connectivity index (χ0n) is 10.5. The molecular weight excluding hydrogens is 228 g/mol. The van der Waals surface area contributed by atoms with Crippen molar-refractivity contribution in [3.63, 3.8) is 0 Å². The molecule has 3 rings (SSSR count). The van der Waals surface area contributed by atoms with Crippen LogP contribution in [0.25, 0.3) is 11.0 Å². The van der Waals surface area contributed by atoms with E-state index in [2.05, 4.69) is 27.9 Å². The van der Waals surface area contributed by atoms with Gasteiger partial charge >= 0.3 is 6.03 Å². The monoisotopic (exact) mass is 244 g/mol. The van der Waals surface area contributed by atoms with Gasteiger partial charge < -0.3 is 15.2 Å². The van der Waals surface area contributed by atoms with Crippen LogP contribution in [-0.2, 0) is 12.6 Å². The minimum Gasteiger partial charge on any atom is -0.341 e. The van der Waals surface area contributed by atoms with Gasteiger partial charge in [-0.2, -0.15) is 0 Å². The molecule has 2 aromatic heterocycles. The number of hydrogen-bond donors (Lipinski definition) is 2. The van der Waals surface area contributed by atoms with E-state index in [9.17, 15) is 4.79 Å². The second-order valence-corrected chi connectivity index (χ2v) is 4.81. The van der Waals surface area contributed by atoms with Crippen LogP contribution in [0.4, 0.5) is 4.79 Å². The highest BCUT2D eigenvalue weighted by molar-refractivity contribution is 5.84. The van der Waals surface area contributed by atoms with E-state index >= 15 is 0 Å².